The van der Waals surface area contributed by atoms with Gasteiger partial charge in [0.2, 0.25) is 0 Å². The first-order valence-electron chi connectivity index (χ1n) is 5.69. The zero-order valence-corrected chi connectivity index (χ0v) is 10.6. The third-order valence-corrected chi connectivity index (χ3v) is 3.12. The summed E-state index contributed by atoms with van der Waals surface area (Å²) in [4.78, 5) is 0. The molecule has 88 valence electrons. The van der Waals surface area contributed by atoms with Crippen LogP contribution in [0.1, 0.15) is 32.3 Å². The van der Waals surface area contributed by atoms with Crippen LogP contribution in [0.15, 0.2) is 18.2 Å². The van der Waals surface area contributed by atoms with Gasteiger partial charge in [-0.1, -0.05) is 23.7 Å². The Bertz CT molecular complexity index is 380. The summed E-state index contributed by atoms with van der Waals surface area (Å²) in [5, 5.41) is 0.650. The van der Waals surface area contributed by atoms with Gasteiger partial charge < -0.3 is 10.5 Å². The average Bonchev–Trinajstić information content (AvgIpc) is 2.97. The molecule has 16 heavy (non-hydrogen) atoms. The first kappa shape index (κ1) is 11.7. The summed E-state index contributed by atoms with van der Waals surface area (Å²) in [6.45, 7) is 4.68. The van der Waals surface area contributed by atoms with Crippen LogP contribution < -0.4 is 10.5 Å². The summed E-state index contributed by atoms with van der Waals surface area (Å²) in [6.07, 6.45) is 2.54. The quantitative estimate of drug-likeness (QED) is 0.875. The first-order valence-corrected chi connectivity index (χ1v) is 6.07. The zero-order chi connectivity index (χ0) is 11.8. The van der Waals surface area contributed by atoms with Crippen molar-refractivity contribution >= 4 is 11.6 Å². The van der Waals surface area contributed by atoms with Gasteiger partial charge >= 0.3 is 0 Å². The first-order chi connectivity index (χ1) is 7.48. The lowest BCUT2D eigenvalue weighted by Gasteiger charge is -2.23. The van der Waals surface area contributed by atoms with Crippen molar-refractivity contribution in [3.63, 3.8) is 0 Å². The second-order valence-corrected chi connectivity index (χ2v) is 5.50. The number of halogens is 1. The fourth-order valence-electron chi connectivity index (χ4n) is 1.65. The SMILES string of the molecule is CC(C)(N)c1cccc(Cl)c1OCC1CC1. The molecule has 0 spiro atoms. The summed E-state index contributed by atoms with van der Waals surface area (Å²) < 4.78 is 5.81. The normalized spacial score (nSPS) is 16.2. The summed E-state index contributed by atoms with van der Waals surface area (Å²) in [6, 6.07) is 5.74. The van der Waals surface area contributed by atoms with Crippen LogP contribution in [0.5, 0.6) is 5.75 Å². The van der Waals surface area contributed by atoms with Gasteiger partial charge in [0.15, 0.2) is 0 Å². The van der Waals surface area contributed by atoms with Gasteiger partial charge in [-0.3, -0.25) is 0 Å². The van der Waals surface area contributed by atoms with E-state index in [1.54, 1.807) is 0 Å². The summed E-state index contributed by atoms with van der Waals surface area (Å²) in [7, 11) is 0. The largest absolute Gasteiger partial charge is 0.491 e. The van der Waals surface area contributed by atoms with Gasteiger partial charge in [0, 0.05) is 11.1 Å². The fraction of sp³-hybridized carbons (Fsp3) is 0.538. The molecule has 1 fully saturated rings. The Morgan fingerprint density at radius 2 is 2.12 bits per heavy atom. The van der Waals surface area contributed by atoms with E-state index in [2.05, 4.69) is 0 Å². The number of ether oxygens (including phenoxy) is 1. The Hall–Kier alpha value is -0.730. The Kier molecular flexibility index (Phi) is 3.13. The van der Waals surface area contributed by atoms with Crippen LogP contribution in [-0.2, 0) is 5.54 Å². The molecule has 2 rings (SSSR count). The van der Waals surface area contributed by atoms with E-state index in [0.29, 0.717) is 10.9 Å². The lowest BCUT2D eigenvalue weighted by Crippen LogP contribution is -2.29. The molecule has 0 atom stereocenters. The van der Waals surface area contributed by atoms with Crippen LogP contribution in [0, 0.1) is 5.92 Å². The van der Waals surface area contributed by atoms with Crippen molar-refractivity contribution in [2.75, 3.05) is 6.61 Å². The number of benzene rings is 1. The van der Waals surface area contributed by atoms with E-state index in [4.69, 9.17) is 22.1 Å². The molecule has 2 nitrogen and oxygen atoms in total. The van der Waals surface area contributed by atoms with Gasteiger partial charge in [-0.05, 0) is 38.7 Å². The molecule has 1 aliphatic carbocycles. The Morgan fingerprint density at radius 3 is 2.69 bits per heavy atom. The van der Waals surface area contributed by atoms with E-state index < -0.39 is 5.54 Å². The van der Waals surface area contributed by atoms with Crippen molar-refractivity contribution in [2.24, 2.45) is 11.7 Å². The Labute approximate surface area is 102 Å². The maximum Gasteiger partial charge on any atom is 0.142 e. The van der Waals surface area contributed by atoms with Crippen LogP contribution in [0.3, 0.4) is 0 Å². The molecule has 1 saturated carbocycles. The number of nitrogens with two attached hydrogens (primary N) is 1. The summed E-state index contributed by atoms with van der Waals surface area (Å²) in [5.74, 6) is 1.47. The van der Waals surface area contributed by atoms with Crippen molar-refractivity contribution in [2.45, 2.75) is 32.2 Å². The lowest BCUT2D eigenvalue weighted by atomic mass is 9.95. The smallest absolute Gasteiger partial charge is 0.142 e. The molecule has 3 heteroatoms. The van der Waals surface area contributed by atoms with Crippen LogP contribution in [0.25, 0.3) is 0 Å². The van der Waals surface area contributed by atoms with Gasteiger partial charge in [-0.2, -0.15) is 0 Å². The van der Waals surface area contributed by atoms with E-state index in [0.717, 1.165) is 17.9 Å². The molecule has 0 bridgehead atoms. The zero-order valence-electron chi connectivity index (χ0n) is 9.79. The number of hydrogen-bond donors (Lipinski definition) is 1. The second kappa shape index (κ2) is 4.27. The Morgan fingerprint density at radius 1 is 1.44 bits per heavy atom. The molecule has 0 heterocycles. The molecule has 0 unspecified atom stereocenters. The highest BCUT2D eigenvalue weighted by atomic mass is 35.5. The van der Waals surface area contributed by atoms with Gasteiger partial charge in [0.05, 0.1) is 11.6 Å². The van der Waals surface area contributed by atoms with Crippen molar-refractivity contribution in [3.8, 4) is 5.75 Å². The number of para-hydroxylation sites is 1. The highest BCUT2D eigenvalue weighted by molar-refractivity contribution is 6.32. The van der Waals surface area contributed by atoms with Gasteiger partial charge in [-0.15, -0.1) is 0 Å². The third-order valence-electron chi connectivity index (χ3n) is 2.82. The maximum absolute atomic E-state index is 6.16. The Balaban J connectivity index is 2.24. The molecule has 0 aliphatic heterocycles. The molecule has 0 aromatic heterocycles. The molecule has 0 radical (unpaired) electrons. The average molecular weight is 240 g/mol. The molecule has 1 aliphatic rings. The number of hydrogen-bond acceptors (Lipinski definition) is 2. The van der Waals surface area contributed by atoms with Gasteiger partial charge in [0.1, 0.15) is 5.75 Å². The minimum Gasteiger partial charge on any atom is -0.491 e. The highest BCUT2D eigenvalue weighted by Crippen LogP contribution is 2.36. The minimum atomic E-state index is -0.427. The molecular weight excluding hydrogens is 222 g/mol. The molecular formula is C13H18ClNO. The molecule has 0 amide bonds. The van der Waals surface area contributed by atoms with Crippen LogP contribution in [-0.4, -0.2) is 6.61 Å². The van der Waals surface area contributed by atoms with Crippen LogP contribution >= 0.6 is 11.6 Å². The molecule has 0 saturated heterocycles. The molecule has 1 aromatic carbocycles. The van der Waals surface area contributed by atoms with Gasteiger partial charge in [-0.25, -0.2) is 0 Å². The predicted octanol–water partition coefficient (Wildman–Crippen LogP) is 3.32. The highest BCUT2D eigenvalue weighted by Gasteiger charge is 2.25. The van der Waals surface area contributed by atoms with Crippen molar-refractivity contribution < 1.29 is 4.74 Å². The number of rotatable bonds is 4. The predicted molar refractivity (Wildman–Crippen MR) is 66.9 cm³/mol. The van der Waals surface area contributed by atoms with E-state index >= 15 is 0 Å². The minimum absolute atomic E-state index is 0.427. The lowest BCUT2D eigenvalue weighted by molar-refractivity contribution is 0.291. The van der Waals surface area contributed by atoms with E-state index in [-0.39, 0.29) is 0 Å². The monoisotopic (exact) mass is 239 g/mol. The van der Waals surface area contributed by atoms with E-state index in [9.17, 15) is 0 Å². The van der Waals surface area contributed by atoms with Crippen molar-refractivity contribution in [1.29, 1.82) is 0 Å². The molecule has 1 aromatic rings. The summed E-state index contributed by atoms with van der Waals surface area (Å²) in [5.41, 5.74) is 6.66. The maximum atomic E-state index is 6.16. The standard InChI is InChI=1S/C13H18ClNO/c1-13(2,15)10-4-3-5-11(14)12(10)16-8-9-6-7-9/h3-5,9H,6-8,15H2,1-2H3. The molecule has 2 N–H and O–H groups in total. The van der Waals surface area contributed by atoms with Gasteiger partial charge in [0.25, 0.3) is 0 Å². The second-order valence-electron chi connectivity index (χ2n) is 5.09. The van der Waals surface area contributed by atoms with E-state index in [1.165, 1.54) is 12.8 Å². The topological polar surface area (TPSA) is 35.2 Å². The van der Waals surface area contributed by atoms with E-state index in [1.807, 2.05) is 32.0 Å². The van der Waals surface area contributed by atoms with Crippen molar-refractivity contribution in [3.05, 3.63) is 28.8 Å². The summed E-state index contributed by atoms with van der Waals surface area (Å²) >= 11 is 6.16. The third kappa shape index (κ3) is 2.69. The van der Waals surface area contributed by atoms with Crippen LogP contribution in [0.2, 0.25) is 5.02 Å². The van der Waals surface area contributed by atoms with Crippen molar-refractivity contribution in [1.82, 2.24) is 0 Å². The van der Waals surface area contributed by atoms with Crippen LogP contribution in [0.4, 0.5) is 0 Å². The fourth-order valence-corrected chi connectivity index (χ4v) is 1.88.